The number of rotatable bonds is 15. The van der Waals surface area contributed by atoms with E-state index in [0.29, 0.717) is 31.2 Å². The van der Waals surface area contributed by atoms with Crippen LogP contribution in [0.5, 0.6) is 0 Å². The van der Waals surface area contributed by atoms with E-state index in [4.69, 9.17) is 9.16 Å². The van der Waals surface area contributed by atoms with Crippen molar-refractivity contribution in [1.82, 2.24) is 10.4 Å². The van der Waals surface area contributed by atoms with Crippen LogP contribution in [0.25, 0.3) is 0 Å². The Morgan fingerprint density at radius 3 is 2.02 bits per heavy atom. The predicted octanol–water partition coefficient (Wildman–Crippen LogP) is 6.06. The van der Waals surface area contributed by atoms with Gasteiger partial charge in [-0.2, -0.15) is 0 Å². The van der Waals surface area contributed by atoms with E-state index in [-0.39, 0.29) is 28.9 Å². The quantitative estimate of drug-likeness (QED) is 0.172. The lowest BCUT2D eigenvalue weighted by atomic mass is 9.75. The smallest absolute Gasteiger partial charge is 0.428 e. The van der Waals surface area contributed by atoms with E-state index in [0.717, 1.165) is 10.6 Å². The molecule has 1 atom stereocenters. The van der Waals surface area contributed by atoms with E-state index in [9.17, 15) is 26.4 Å². The molecule has 1 N–H and O–H groups in total. The Morgan fingerprint density at radius 2 is 1.50 bits per heavy atom. The van der Waals surface area contributed by atoms with Gasteiger partial charge >= 0.3 is 6.09 Å². The molecule has 46 heavy (non-hydrogen) atoms. The molecule has 0 spiro atoms. The van der Waals surface area contributed by atoms with Crippen molar-refractivity contribution in [1.29, 1.82) is 0 Å². The molecule has 0 aliphatic carbocycles. The monoisotopic (exact) mass is 704 g/mol. The molecule has 13 heteroatoms. The van der Waals surface area contributed by atoms with Crippen LogP contribution < -0.4 is 5.43 Å². The summed E-state index contributed by atoms with van der Waals surface area (Å²) >= 11 is 0. The van der Waals surface area contributed by atoms with Crippen LogP contribution in [0.3, 0.4) is 0 Å². The Hall–Kier alpha value is -1.96. The first kappa shape index (κ1) is 42.1. The molecular formula is C33H60N2O8S2Si. The van der Waals surface area contributed by atoms with Gasteiger partial charge in [-0.25, -0.2) is 26.6 Å². The summed E-state index contributed by atoms with van der Waals surface area (Å²) in [5.74, 6) is -0.508. The van der Waals surface area contributed by atoms with Crippen molar-refractivity contribution in [2.75, 3.05) is 37.2 Å². The molecule has 0 heterocycles. The first-order chi connectivity index (χ1) is 20.5. The second kappa shape index (κ2) is 15.5. The van der Waals surface area contributed by atoms with Crippen LogP contribution in [-0.4, -0.2) is 84.9 Å². The van der Waals surface area contributed by atoms with E-state index in [2.05, 4.69) is 39.3 Å². The molecule has 266 valence electrons. The van der Waals surface area contributed by atoms with Gasteiger partial charge < -0.3 is 9.16 Å². The minimum atomic E-state index is -3.40. The number of carbonyl (C=O) groups is 2. The van der Waals surface area contributed by atoms with Crippen molar-refractivity contribution in [3.63, 3.8) is 0 Å². The molecule has 0 aromatic heterocycles. The molecule has 1 rings (SSSR count). The zero-order chi connectivity index (χ0) is 36.0. The molecule has 0 unspecified atom stereocenters. The maximum absolute atomic E-state index is 13.9. The number of hydrogen-bond donors (Lipinski definition) is 1. The molecule has 1 aromatic carbocycles. The van der Waals surface area contributed by atoms with Crippen LogP contribution in [-0.2, 0) is 45.5 Å². The van der Waals surface area contributed by atoms with Gasteiger partial charge in [0.15, 0.2) is 18.2 Å². The summed E-state index contributed by atoms with van der Waals surface area (Å²) in [7, 11) is -7.23. The average molecular weight is 705 g/mol. The second-order valence-electron chi connectivity index (χ2n) is 16.1. The lowest BCUT2D eigenvalue weighted by Crippen LogP contribution is -2.52. The summed E-state index contributed by atoms with van der Waals surface area (Å²) in [4.78, 5) is 26.5. The third-order valence-electron chi connectivity index (χ3n) is 8.57. The average Bonchev–Trinajstić information content (AvgIpc) is 2.84. The van der Waals surface area contributed by atoms with Gasteiger partial charge in [0.2, 0.25) is 5.91 Å². The highest BCUT2D eigenvalue weighted by atomic mass is 32.2. The highest BCUT2D eigenvalue weighted by molar-refractivity contribution is 7.91. The number of ether oxygens (including phenoxy) is 1. The Kier molecular flexibility index (Phi) is 14.2. The van der Waals surface area contributed by atoms with Gasteiger partial charge in [0.25, 0.3) is 0 Å². The lowest BCUT2D eigenvalue weighted by molar-refractivity contribution is -0.131. The molecule has 0 aliphatic heterocycles. The Morgan fingerprint density at radius 1 is 0.913 bits per heavy atom. The molecular weight excluding hydrogens is 645 g/mol. The van der Waals surface area contributed by atoms with Gasteiger partial charge in [0.1, 0.15) is 15.4 Å². The summed E-state index contributed by atoms with van der Waals surface area (Å²) < 4.78 is 61.3. The van der Waals surface area contributed by atoms with Crippen LogP contribution in [0.15, 0.2) is 24.3 Å². The number of sulfone groups is 2. The van der Waals surface area contributed by atoms with Crippen LogP contribution in [0.1, 0.15) is 92.7 Å². The second-order valence-corrected chi connectivity index (χ2v) is 25.4. The van der Waals surface area contributed by atoms with Crippen LogP contribution in [0.4, 0.5) is 4.79 Å². The number of carbonyl (C=O) groups excluding carboxylic acids is 2. The maximum atomic E-state index is 13.9. The summed E-state index contributed by atoms with van der Waals surface area (Å²) in [5.41, 5.74) is 1.67. The van der Waals surface area contributed by atoms with E-state index >= 15 is 0 Å². The topological polar surface area (TPSA) is 136 Å². The van der Waals surface area contributed by atoms with Gasteiger partial charge in [0, 0.05) is 19.9 Å². The van der Waals surface area contributed by atoms with Crippen molar-refractivity contribution in [2.24, 2.45) is 5.41 Å². The maximum Gasteiger partial charge on any atom is 0.428 e. The number of nitrogens with zero attached hydrogens (tertiary/aromatic N) is 1. The van der Waals surface area contributed by atoms with Gasteiger partial charge in [-0.3, -0.25) is 10.2 Å². The van der Waals surface area contributed by atoms with Gasteiger partial charge in [-0.1, -0.05) is 65.3 Å². The van der Waals surface area contributed by atoms with Gasteiger partial charge in [-0.15, -0.1) is 0 Å². The summed E-state index contributed by atoms with van der Waals surface area (Å²) in [6.07, 6.45) is 2.18. The summed E-state index contributed by atoms with van der Waals surface area (Å²) in [5, 5.41) is 1.01. The van der Waals surface area contributed by atoms with Crippen molar-refractivity contribution < 1.29 is 35.6 Å². The zero-order valence-corrected chi connectivity index (χ0v) is 33.1. The number of amides is 2. The highest BCUT2D eigenvalue weighted by Gasteiger charge is 2.39. The highest BCUT2D eigenvalue weighted by Crippen LogP contribution is 2.37. The largest absolute Gasteiger partial charge is 0.442 e. The normalized spacial score (nSPS) is 14.8. The molecule has 0 radical (unpaired) electrons. The number of aryl methyl sites for hydroxylation is 1. The van der Waals surface area contributed by atoms with Crippen molar-refractivity contribution in [3.8, 4) is 0 Å². The molecule has 0 aliphatic rings. The Balaban J connectivity index is 3.15. The van der Waals surface area contributed by atoms with Crippen LogP contribution in [0.2, 0.25) is 18.1 Å². The third kappa shape index (κ3) is 14.4. The number of benzene rings is 1. The number of hydrazine groups is 1. The van der Waals surface area contributed by atoms with Crippen molar-refractivity contribution in [3.05, 3.63) is 35.4 Å². The fraction of sp³-hybridized carbons (Fsp3) is 0.758. The van der Waals surface area contributed by atoms with Gasteiger partial charge in [0.05, 0.1) is 22.7 Å². The fourth-order valence-electron chi connectivity index (χ4n) is 4.71. The first-order valence-electron chi connectivity index (χ1n) is 15.9. The minimum absolute atomic E-state index is 0.00781. The number of nitrogens with one attached hydrogen (secondary N) is 1. The summed E-state index contributed by atoms with van der Waals surface area (Å²) in [6, 6.07) is 7.26. The fourth-order valence-corrected chi connectivity index (χ4v) is 8.33. The van der Waals surface area contributed by atoms with E-state index < -0.39 is 56.4 Å². The zero-order valence-electron chi connectivity index (χ0n) is 30.5. The van der Waals surface area contributed by atoms with E-state index in [1.54, 1.807) is 33.8 Å². The molecule has 0 saturated heterocycles. The Bertz CT molecular complexity index is 1410. The molecule has 2 amide bonds. The lowest BCUT2D eigenvalue weighted by Gasteiger charge is -2.36. The summed E-state index contributed by atoms with van der Waals surface area (Å²) in [6.45, 7) is 21.5. The molecule has 0 fully saturated rings. The minimum Gasteiger partial charge on any atom is -0.442 e. The Labute approximate surface area is 280 Å². The third-order valence-corrected chi connectivity index (χ3v) is 16.1. The number of hydrogen-bond acceptors (Lipinski definition) is 8. The van der Waals surface area contributed by atoms with Crippen molar-refractivity contribution in [2.45, 2.75) is 117 Å². The van der Waals surface area contributed by atoms with Crippen LogP contribution >= 0.6 is 0 Å². The molecule has 10 nitrogen and oxygen atoms in total. The van der Waals surface area contributed by atoms with E-state index in [1.807, 2.05) is 32.0 Å². The van der Waals surface area contributed by atoms with E-state index in [1.165, 1.54) is 13.3 Å². The standard InChI is InChI=1S/C33H60N2O8S2Si/c1-30(2,3)43-29(37)35(10)34-28(36)33(9,27-17-14-16-26(24-27)18-22-44(11,38)39)20-15-19-32(7,8)25-45(40,41)23-21-42-46(12,13)31(4,5)6/h14,16-17,24H,15,18-23,25H2,1-13H3,(H,34,36)/t33-/m1/s1. The molecule has 1 aromatic rings. The SMILES string of the molecule is CN(NC(=O)[C@](C)(CCCC(C)(C)CS(=O)(=O)CCO[Si](C)(C)C(C)(C)C)c1cccc(CCS(C)(=O)=O)c1)C(=O)OC(C)(C)C. The molecule has 0 bridgehead atoms. The molecule has 0 saturated carbocycles. The van der Waals surface area contributed by atoms with Gasteiger partial charge in [-0.05, 0) is 81.6 Å². The van der Waals surface area contributed by atoms with Crippen molar-refractivity contribution >= 4 is 40.0 Å². The predicted molar refractivity (Wildman–Crippen MR) is 189 cm³/mol. The van der Waals surface area contributed by atoms with Crippen LogP contribution in [0, 0.1) is 5.41 Å². The first-order valence-corrected chi connectivity index (χ1v) is 22.7.